The smallest absolute Gasteiger partial charge is 0.0643 e. The average Bonchev–Trinajstić information content (AvgIpc) is 2.26. The lowest BCUT2D eigenvalue weighted by Gasteiger charge is -2.25. The second-order valence-electron chi connectivity index (χ2n) is 3.24. The Morgan fingerprint density at radius 2 is 2.21 bits per heavy atom. The monoisotopic (exact) mass is 187 g/mol. The van der Waals surface area contributed by atoms with Gasteiger partial charge in [0.1, 0.15) is 0 Å². The molecule has 0 aliphatic carbocycles. The number of para-hydroxylation sites is 1. The van der Waals surface area contributed by atoms with Crippen LogP contribution in [0.3, 0.4) is 0 Å². The Kier molecular flexibility index (Phi) is 2.58. The van der Waals surface area contributed by atoms with E-state index in [1.807, 2.05) is 11.1 Å². The molecule has 0 fully saturated rings. The summed E-state index contributed by atoms with van der Waals surface area (Å²) in [6.07, 6.45) is 3.72. The molecule has 1 aliphatic heterocycles. The largest absolute Gasteiger partial charge is 0.247 e. The molecular formula is C11H13N3. The fraction of sp³-hybridized carbons (Fsp3) is 0.273. The van der Waals surface area contributed by atoms with Gasteiger partial charge >= 0.3 is 0 Å². The molecular weight excluding hydrogens is 174 g/mol. The minimum atomic E-state index is 0.939. The molecule has 0 bridgehead atoms. The SMILES string of the molecule is C=CN=NN1CCCc2ccccc21. The predicted octanol–water partition coefficient (Wildman–Crippen LogP) is 2.95. The van der Waals surface area contributed by atoms with Gasteiger partial charge in [-0.15, -0.1) is 5.11 Å². The minimum Gasteiger partial charge on any atom is -0.247 e. The third-order valence-electron chi connectivity index (χ3n) is 2.33. The maximum atomic E-state index is 4.08. The van der Waals surface area contributed by atoms with Gasteiger partial charge in [-0.1, -0.05) is 30.0 Å². The van der Waals surface area contributed by atoms with Gasteiger partial charge in [0, 0.05) is 12.7 Å². The van der Waals surface area contributed by atoms with E-state index in [4.69, 9.17) is 0 Å². The first-order valence-electron chi connectivity index (χ1n) is 4.79. The number of hydrogen-bond acceptors (Lipinski definition) is 2. The number of anilines is 1. The number of nitrogens with zero attached hydrogens (tertiary/aromatic N) is 3. The van der Waals surface area contributed by atoms with Crippen molar-refractivity contribution in [2.75, 3.05) is 11.6 Å². The molecule has 0 aromatic heterocycles. The Labute approximate surface area is 83.7 Å². The lowest BCUT2D eigenvalue weighted by atomic mass is 10.0. The van der Waals surface area contributed by atoms with Gasteiger partial charge in [0.15, 0.2) is 0 Å². The van der Waals surface area contributed by atoms with Crippen LogP contribution in [0.15, 0.2) is 47.4 Å². The first kappa shape index (κ1) is 8.94. The Balaban J connectivity index is 2.30. The maximum absolute atomic E-state index is 4.08. The van der Waals surface area contributed by atoms with Crippen molar-refractivity contribution >= 4 is 5.69 Å². The highest BCUT2D eigenvalue weighted by Gasteiger charge is 2.14. The van der Waals surface area contributed by atoms with Gasteiger partial charge < -0.3 is 0 Å². The molecule has 3 heteroatoms. The zero-order valence-electron chi connectivity index (χ0n) is 8.06. The first-order valence-corrected chi connectivity index (χ1v) is 4.79. The quantitative estimate of drug-likeness (QED) is 0.654. The van der Waals surface area contributed by atoms with E-state index in [0.717, 1.165) is 19.4 Å². The van der Waals surface area contributed by atoms with Crippen LogP contribution in [0.4, 0.5) is 5.69 Å². The van der Waals surface area contributed by atoms with Crippen LogP contribution in [0.25, 0.3) is 0 Å². The normalized spacial score (nSPS) is 15.6. The molecule has 0 saturated heterocycles. The summed E-state index contributed by atoms with van der Waals surface area (Å²) in [6.45, 7) is 4.45. The topological polar surface area (TPSA) is 28.0 Å². The fourth-order valence-corrected chi connectivity index (χ4v) is 1.71. The molecule has 0 saturated carbocycles. The highest BCUT2D eigenvalue weighted by Crippen LogP contribution is 2.26. The summed E-state index contributed by atoms with van der Waals surface area (Å²) >= 11 is 0. The van der Waals surface area contributed by atoms with E-state index in [-0.39, 0.29) is 0 Å². The lowest BCUT2D eigenvalue weighted by molar-refractivity contribution is 0.693. The molecule has 0 unspecified atom stereocenters. The third kappa shape index (κ3) is 1.66. The fourth-order valence-electron chi connectivity index (χ4n) is 1.71. The number of hydrogen-bond donors (Lipinski definition) is 0. The van der Waals surface area contributed by atoms with Crippen LogP contribution in [-0.4, -0.2) is 6.54 Å². The van der Waals surface area contributed by atoms with Crippen LogP contribution in [-0.2, 0) is 6.42 Å². The minimum absolute atomic E-state index is 0.939. The molecule has 1 aliphatic rings. The second kappa shape index (κ2) is 4.05. The van der Waals surface area contributed by atoms with Crippen molar-refractivity contribution < 1.29 is 0 Å². The van der Waals surface area contributed by atoms with Crippen molar-refractivity contribution in [3.63, 3.8) is 0 Å². The van der Waals surface area contributed by atoms with E-state index >= 15 is 0 Å². The van der Waals surface area contributed by atoms with Crippen LogP contribution >= 0.6 is 0 Å². The molecule has 1 heterocycles. The van der Waals surface area contributed by atoms with Gasteiger partial charge in [-0.25, -0.2) is 5.01 Å². The van der Waals surface area contributed by atoms with Gasteiger partial charge in [-0.2, -0.15) is 0 Å². The van der Waals surface area contributed by atoms with Gasteiger partial charge in [-0.3, -0.25) is 0 Å². The molecule has 0 amide bonds. The van der Waals surface area contributed by atoms with Gasteiger partial charge in [0.05, 0.1) is 5.69 Å². The van der Waals surface area contributed by atoms with Gasteiger partial charge in [-0.05, 0) is 24.5 Å². The molecule has 0 atom stereocenters. The molecule has 2 rings (SSSR count). The Hall–Kier alpha value is -1.64. The van der Waals surface area contributed by atoms with Crippen LogP contribution in [0.1, 0.15) is 12.0 Å². The number of fused-ring (bicyclic) bond motifs is 1. The molecule has 72 valence electrons. The van der Waals surface area contributed by atoms with Crippen molar-refractivity contribution in [2.24, 2.45) is 10.3 Å². The molecule has 0 radical (unpaired) electrons. The summed E-state index contributed by atoms with van der Waals surface area (Å²) in [5.41, 5.74) is 2.52. The standard InChI is InChI=1S/C11H13N3/c1-2-12-13-14-9-5-7-10-6-3-4-8-11(10)14/h2-4,6,8H,1,5,7,9H2. The van der Waals surface area contributed by atoms with E-state index in [2.05, 4.69) is 35.1 Å². The van der Waals surface area contributed by atoms with E-state index < -0.39 is 0 Å². The Bertz CT molecular complexity index is 357. The predicted molar refractivity (Wildman–Crippen MR) is 57.2 cm³/mol. The third-order valence-corrected chi connectivity index (χ3v) is 2.33. The van der Waals surface area contributed by atoms with E-state index in [9.17, 15) is 0 Å². The highest BCUT2D eigenvalue weighted by atomic mass is 15.5. The summed E-state index contributed by atoms with van der Waals surface area (Å²) in [6, 6.07) is 8.31. The summed E-state index contributed by atoms with van der Waals surface area (Å²) in [5, 5.41) is 9.82. The number of rotatable bonds is 2. The summed E-state index contributed by atoms with van der Waals surface area (Å²) < 4.78 is 0. The van der Waals surface area contributed by atoms with E-state index in [0.29, 0.717) is 0 Å². The van der Waals surface area contributed by atoms with Gasteiger partial charge in [0.2, 0.25) is 0 Å². The van der Waals surface area contributed by atoms with Crippen molar-refractivity contribution in [2.45, 2.75) is 12.8 Å². The summed E-state index contributed by atoms with van der Waals surface area (Å²) in [4.78, 5) is 0. The van der Waals surface area contributed by atoms with Gasteiger partial charge in [0.25, 0.3) is 0 Å². The molecule has 1 aromatic rings. The van der Waals surface area contributed by atoms with Crippen molar-refractivity contribution in [1.82, 2.24) is 0 Å². The van der Waals surface area contributed by atoms with Crippen LogP contribution < -0.4 is 5.01 Å². The molecule has 1 aromatic carbocycles. The zero-order chi connectivity index (χ0) is 9.80. The Morgan fingerprint density at radius 1 is 1.36 bits per heavy atom. The van der Waals surface area contributed by atoms with Crippen LogP contribution in [0.2, 0.25) is 0 Å². The zero-order valence-corrected chi connectivity index (χ0v) is 8.06. The molecule has 0 N–H and O–H groups in total. The summed E-state index contributed by atoms with van der Waals surface area (Å²) in [7, 11) is 0. The molecule has 3 nitrogen and oxygen atoms in total. The number of benzene rings is 1. The average molecular weight is 187 g/mol. The first-order chi connectivity index (χ1) is 6.92. The lowest BCUT2D eigenvalue weighted by Crippen LogP contribution is -2.23. The van der Waals surface area contributed by atoms with E-state index in [1.54, 1.807) is 0 Å². The summed E-state index contributed by atoms with van der Waals surface area (Å²) in [5.74, 6) is 0. The van der Waals surface area contributed by atoms with Crippen molar-refractivity contribution in [3.05, 3.63) is 42.6 Å². The molecule has 0 spiro atoms. The molecule has 14 heavy (non-hydrogen) atoms. The van der Waals surface area contributed by atoms with E-state index in [1.165, 1.54) is 17.5 Å². The Morgan fingerprint density at radius 3 is 3.07 bits per heavy atom. The van der Waals surface area contributed by atoms with Crippen molar-refractivity contribution in [1.29, 1.82) is 0 Å². The number of aryl methyl sites for hydroxylation is 1. The maximum Gasteiger partial charge on any atom is 0.0643 e. The van der Waals surface area contributed by atoms with Crippen LogP contribution in [0, 0.1) is 0 Å². The van der Waals surface area contributed by atoms with Crippen molar-refractivity contribution in [3.8, 4) is 0 Å². The second-order valence-corrected chi connectivity index (χ2v) is 3.24. The van der Waals surface area contributed by atoms with Crippen LogP contribution in [0.5, 0.6) is 0 Å². The highest BCUT2D eigenvalue weighted by molar-refractivity contribution is 5.54.